The van der Waals surface area contributed by atoms with Gasteiger partial charge in [0.1, 0.15) is 16.8 Å². The summed E-state index contributed by atoms with van der Waals surface area (Å²) in [5, 5.41) is 8.70. The van der Waals surface area contributed by atoms with Crippen LogP contribution in [0.1, 0.15) is 29.5 Å². The van der Waals surface area contributed by atoms with E-state index in [1.807, 2.05) is 42.5 Å². The maximum absolute atomic E-state index is 5.80. The number of ether oxygens (including phenoxy) is 1. The summed E-state index contributed by atoms with van der Waals surface area (Å²) in [6.45, 7) is 0.345. The second-order valence-electron chi connectivity index (χ2n) is 5.64. The fourth-order valence-corrected chi connectivity index (χ4v) is 2.93. The molecule has 25 heavy (non-hydrogen) atoms. The Morgan fingerprint density at radius 2 is 1.88 bits per heavy atom. The molecule has 3 rings (SSSR count). The zero-order valence-electron chi connectivity index (χ0n) is 13.7. The van der Waals surface area contributed by atoms with E-state index >= 15 is 0 Å². The Morgan fingerprint density at radius 3 is 2.68 bits per heavy atom. The van der Waals surface area contributed by atoms with Crippen LogP contribution in [0.3, 0.4) is 0 Å². The van der Waals surface area contributed by atoms with Gasteiger partial charge in [0.25, 0.3) is 0 Å². The van der Waals surface area contributed by atoms with Crippen molar-refractivity contribution in [3.8, 4) is 5.75 Å². The van der Waals surface area contributed by atoms with Crippen LogP contribution >= 0.6 is 23.2 Å². The molecule has 2 aromatic rings. The minimum Gasteiger partial charge on any atom is -0.489 e. The third kappa shape index (κ3) is 4.94. The molecule has 0 unspecified atom stereocenters. The van der Waals surface area contributed by atoms with Gasteiger partial charge < -0.3 is 4.74 Å². The van der Waals surface area contributed by atoms with Gasteiger partial charge in [0.05, 0.1) is 11.9 Å². The van der Waals surface area contributed by atoms with Crippen molar-refractivity contribution in [2.24, 2.45) is 10.2 Å². The molecule has 0 heterocycles. The summed E-state index contributed by atoms with van der Waals surface area (Å²) in [6, 6.07) is 16.0. The highest BCUT2D eigenvalue weighted by molar-refractivity contribution is 6.55. The summed E-state index contributed by atoms with van der Waals surface area (Å²) >= 11 is 11.3. The van der Waals surface area contributed by atoms with Gasteiger partial charge in [-0.2, -0.15) is 10.2 Å². The van der Waals surface area contributed by atoms with E-state index in [0.717, 1.165) is 41.9 Å². The third-order valence-electron chi connectivity index (χ3n) is 3.95. The van der Waals surface area contributed by atoms with E-state index in [9.17, 15) is 0 Å². The van der Waals surface area contributed by atoms with Crippen LogP contribution in [0.15, 0.2) is 69.3 Å². The Balaban J connectivity index is 1.80. The van der Waals surface area contributed by atoms with Crippen molar-refractivity contribution < 1.29 is 4.74 Å². The van der Waals surface area contributed by atoms with Crippen molar-refractivity contribution >= 4 is 35.1 Å². The molecular weight excluding hydrogens is 355 g/mol. The molecule has 0 amide bonds. The molecule has 0 bridgehead atoms. The van der Waals surface area contributed by atoms with Crippen molar-refractivity contribution in [1.82, 2.24) is 0 Å². The Labute approximate surface area is 157 Å². The minimum atomic E-state index is 0.210. The number of nitrogens with zero attached hydrogens (tertiary/aromatic N) is 2. The normalized spacial score (nSPS) is 15.2. The quantitative estimate of drug-likeness (QED) is 0.500. The first-order chi connectivity index (χ1) is 12.2. The number of hydrogen-bond donors (Lipinski definition) is 0. The fraction of sp³-hybridized carbons (Fsp3) is 0.200. The summed E-state index contributed by atoms with van der Waals surface area (Å²) in [6.07, 6.45) is 6.31. The van der Waals surface area contributed by atoms with Crippen molar-refractivity contribution in [3.63, 3.8) is 0 Å². The summed E-state index contributed by atoms with van der Waals surface area (Å²) in [5.41, 5.74) is 4.30. The first kappa shape index (κ1) is 17.7. The zero-order chi connectivity index (χ0) is 17.5. The van der Waals surface area contributed by atoms with Crippen LogP contribution < -0.4 is 4.74 Å². The topological polar surface area (TPSA) is 34.0 Å². The zero-order valence-corrected chi connectivity index (χ0v) is 15.2. The lowest BCUT2D eigenvalue weighted by Crippen LogP contribution is -2.13. The van der Waals surface area contributed by atoms with Crippen LogP contribution in [0, 0.1) is 0 Å². The van der Waals surface area contributed by atoms with E-state index in [0.29, 0.717) is 6.61 Å². The minimum absolute atomic E-state index is 0.210. The van der Waals surface area contributed by atoms with E-state index in [1.54, 1.807) is 12.3 Å². The predicted octanol–water partition coefficient (Wildman–Crippen LogP) is 5.54. The summed E-state index contributed by atoms with van der Waals surface area (Å²) in [5.74, 6) is 0.850. The van der Waals surface area contributed by atoms with E-state index in [-0.39, 0.29) is 4.49 Å². The maximum Gasteiger partial charge on any atom is 0.123 e. The fourth-order valence-electron chi connectivity index (χ4n) is 2.80. The molecule has 1 aliphatic rings. The molecule has 2 aromatic carbocycles. The maximum atomic E-state index is 5.80. The number of rotatable bonds is 5. The first-order valence-corrected chi connectivity index (χ1v) is 8.91. The molecular formula is C20H18Cl2N2O. The molecule has 3 nitrogen and oxygen atoms in total. The van der Waals surface area contributed by atoms with E-state index in [2.05, 4.69) is 16.3 Å². The van der Waals surface area contributed by atoms with Crippen LogP contribution in [0.25, 0.3) is 0 Å². The van der Waals surface area contributed by atoms with Gasteiger partial charge in [-0.05, 0) is 37.0 Å². The molecule has 0 fully saturated rings. The molecule has 0 radical (unpaired) electrons. The van der Waals surface area contributed by atoms with Crippen molar-refractivity contribution in [3.05, 3.63) is 75.8 Å². The van der Waals surface area contributed by atoms with Crippen LogP contribution in [0.5, 0.6) is 5.75 Å². The SMILES string of the molecule is ClC(Cl)=CCOc1cccc2c1CCC/C2=N\N=C\c1ccccc1. The third-order valence-corrected chi connectivity index (χ3v) is 4.25. The Bertz CT molecular complexity index is 810. The molecule has 1 aliphatic carbocycles. The summed E-state index contributed by atoms with van der Waals surface area (Å²) in [4.78, 5) is 0. The molecule has 0 atom stereocenters. The van der Waals surface area contributed by atoms with Gasteiger partial charge >= 0.3 is 0 Å². The molecule has 0 N–H and O–H groups in total. The summed E-state index contributed by atoms with van der Waals surface area (Å²) < 4.78 is 6.01. The lowest BCUT2D eigenvalue weighted by molar-refractivity contribution is 0.358. The lowest BCUT2D eigenvalue weighted by Gasteiger charge is -2.20. The molecule has 128 valence electrons. The lowest BCUT2D eigenvalue weighted by atomic mass is 9.89. The van der Waals surface area contributed by atoms with Crippen molar-refractivity contribution in [2.45, 2.75) is 19.3 Å². The average molecular weight is 373 g/mol. The second-order valence-corrected chi connectivity index (χ2v) is 6.65. The standard InChI is InChI=1S/C20H18Cl2N2O/c21-20(22)12-13-25-19-11-5-8-16-17(19)9-4-10-18(16)24-23-14-15-6-2-1-3-7-15/h1-3,5-8,11-12,14H,4,9-10,13H2/b23-14+,24-18+. The molecule has 0 saturated carbocycles. The first-order valence-electron chi connectivity index (χ1n) is 8.15. The van der Waals surface area contributed by atoms with Crippen molar-refractivity contribution in [1.29, 1.82) is 0 Å². The smallest absolute Gasteiger partial charge is 0.123 e. The number of fused-ring (bicyclic) bond motifs is 1. The largest absolute Gasteiger partial charge is 0.489 e. The second kappa shape index (κ2) is 8.84. The Kier molecular flexibility index (Phi) is 6.26. The molecule has 0 saturated heterocycles. The van der Waals surface area contributed by atoms with E-state index in [4.69, 9.17) is 27.9 Å². The van der Waals surface area contributed by atoms with Crippen LogP contribution in [-0.2, 0) is 6.42 Å². The van der Waals surface area contributed by atoms with Gasteiger partial charge in [0.2, 0.25) is 0 Å². The highest BCUT2D eigenvalue weighted by Gasteiger charge is 2.19. The monoisotopic (exact) mass is 372 g/mol. The van der Waals surface area contributed by atoms with E-state index in [1.165, 1.54) is 5.56 Å². The Morgan fingerprint density at radius 1 is 1.04 bits per heavy atom. The number of benzene rings is 2. The van der Waals surface area contributed by atoms with Crippen LogP contribution in [0.2, 0.25) is 0 Å². The van der Waals surface area contributed by atoms with E-state index < -0.39 is 0 Å². The van der Waals surface area contributed by atoms with Crippen molar-refractivity contribution in [2.75, 3.05) is 6.61 Å². The number of halogens is 2. The summed E-state index contributed by atoms with van der Waals surface area (Å²) in [7, 11) is 0. The van der Waals surface area contributed by atoms with Gasteiger partial charge in [0, 0.05) is 11.1 Å². The number of hydrogen-bond acceptors (Lipinski definition) is 3. The highest BCUT2D eigenvalue weighted by Crippen LogP contribution is 2.30. The van der Waals surface area contributed by atoms with Crippen LogP contribution in [-0.4, -0.2) is 18.5 Å². The molecule has 5 heteroatoms. The molecule has 0 spiro atoms. The van der Waals surface area contributed by atoms with Gasteiger partial charge in [-0.1, -0.05) is 65.7 Å². The van der Waals surface area contributed by atoms with Gasteiger partial charge in [-0.3, -0.25) is 0 Å². The van der Waals surface area contributed by atoms with Gasteiger partial charge in [0.15, 0.2) is 0 Å². The average Bonchev–Trinajstić information content (AvgIpc) is 2.63. The highest BCUT2D eigenvalue weighted by atomic mass is 35.5. The predicted molar refractivity (Wildman–Crippen MR) is 105 cm³/mol. The molecule has 0 aliphatic heterocycles. The Hall–Kier alpha value is -2.10. The molecule has 0 aromatic heterocycles. The van der Waals surface area contributed by atoms with Crippen LogP contribution in [0.4, 0.5) is 0 Å². The van der Waals surface area contributed by atoms with Gasteiger partial charge in [-0.25, -0.2) is 0 Å². The van der Waals surface area contributed by atoms with Gasteiger partial charge in [-0.15, -0.1) is 0 Å².